The SMILES string of the molecule is COc1c(C(=O)O)ccc2[nH]nc(/C=C/c3ccc(F)c(F)c3)c12. The molecular weight excluding hydrogens is 318 g/mol. The first-order valence-electron chi connectivity index (χ1n) is 6.92. The monoisotopic (exact) mass is 330 g/mol. The fourth-order valence-electron chi connectivity index (χ4n) is 2.40. The first kappa shape index (κ1) is 15.7. The summed E-state index contributed by atoms with van der Waals surface area (Å²) in [7, 11) is 1.37. The summed E-state index contributed by atoms with van der Waals surface area (Å²) >= 11 is 0. The van der Waals surface area contributed by atoms with E-state index in [1.165, 1.54) is 19.2 Å². The summed E-state index contributed by atoms with van der Waals surface area (Å²) in [5.74, 6) is -2.82. The molecule has 2 aromatic carbocycles. The van der Waals surface area contributed by atoms with E-state index in [1.54, 1.807) is 18.2 Å². The first-order chi connectivity index (χ1) is 11.5. The molecule has 3 rings (SSSR count). The molecular formula is C17H12F2N2O3. The molecule has 1 aromatic heterocycles. The highest BCUT2D eigenvalue weighted by Crippen LogP contribution is 2.32. The zero-order chi connectivity index (χ0) is 17.3. The van der Waals surface area contributed by atoms with Gasteiger partial charge >= 0.3 is 5.97 Å². The normalized spacial score (nSPS) is 11.3. The molecule has 0 bridgehead atoms. The standard InChI is InChI=1S/C17H12F2N2O3/c1-24-16-10(17(22)23)4-7-14-15(16)13(20-21-14)6-3-9-2-5-11(18)12(19)8-9/h2-8H,1H3,(H,20,21)(H,22,23)/b6-3+. The van der Waals surface area contributed by atoms with Gasteiger partial charge in [-0.25, -0.2) is 13.6 Å². The number of H-pyrrole nitrogens is 1. The molecule has 0 atom stereocenters. The van der Waals surface area contributed by atoms with Gasteiger partial charge < -0.3 is 9.84 Å². The summed E-state index contributed by atoms with van der Waals surface area (Å²) in [6.45, 7) is 0. The van der Waals surface area contributed by atoms with E-state index in [0.717, 1.165) is 12.1 Å². The lowest BCUT2D eigenvalue weighted by Crippen LogP contribution is -2.00. The molecule has 0 amide bonds. The number of carboxylic acid groups (broad SMARTS) is 1. The van der Waals surface area contributed by atoms with Crippen LogP contribution in [0, 0.1) is 11.6 Å². The predicted octanol–water partition coefficient (Wildman–Crippen LogP) is 3.72. The molecule has 2 N–H and O–H groups in total. The van der Waals surface area contributed by atoms with E-state index in [9.17, 15) is 18.7 Å². The number of carbonyl (C=O) groups is 1. The average Bonchev–Trinajstić information content (AvgIpc) is 2.98. The largest absolute Gasteiger partial charge is 0.495 e. The lowest BCUT2D eigenvalue weighted by Gasteiger charge is -2.06. The van der Waals surface area contributed by atoms with Gasteiger partial charge in [-0.3, -0.25) is 5.10 Å². The fourth-order valence-corrected chi connectivity index (χ4v) is 2.40. The van der Waals surface area contributed by atoms with Gasteiger partial charge in [-0.2, -0.15) is 5.10 Å². The van der Waals surface area contributed by atoms with Crippen molar-refractivity contribution in [1.29, 1.82) is 0 Å². The number of aromatic nitrogens is 2. The van der Waals surface area contributed by atoms with Crippen LogP contribution >= 0.6 is 0 Å². The highest BCUT2D eigenvalue weighted by molar-refractivity contribution is 6.02. The number of benzene rings is 2. The number of aromatic amines is 1. The van der Waals surface area contributed by atoms with Crippen molar-refractivity contribution in [3.8, 4) is 5.75 Å². The van der Waals surface area contributed by atoms with Crippen LogP contribution in [0.25, 0.3) is 23.1 Å². The minimum absolute atomic E-state index is 0.00822. The molecule has 7 heteroatoms. The summed E-state index contributed by atoms with van der Waals surface area (Å²) in [5, 5.41) is 16.6. The van der Waals surface area contributed by atoms with Crippen LogP contribution in [0.15, 0.2) is 30.3 Å². The Balaban J connectivity index is 2.09. The number of rotatable bonds is 4. The summed E-state index contributed by atoms with van der Waals surface area (Å²) in [6, 6.07) is 6.51. The minimum Gasteiger partial charge on any atom is -0.495 e. The quantitative estimate of drug-likeness (QED) is 0.764. The van der Waals surface area contributed by atoms with Crippen LogP contribution in [0.2, 0.25) is 0 Å². The van der Waals surface area contributed by atoms with Crippen molar-refractivity contribution < 1.29 is 23.4 Å². The van der Waals surface area contributed by atoms with E-state index in [2.05, 4.69) is 10.2 Å². The maximum atomic E-state index is 13.2. The van der Waals surface area contributed by atoms with Gasteiger partial charge in [0, 0.05) is 0 Å². The summed E-state index contributed by atoms with van der Waals surface area (Å²) in [5.41, 5.74) is 1.48. The number of ether oxygens (including phenoxy) is 1. The number of fused-ring (bicyclic) bond motifs is 1. The average molecular weight is 330 g/mol. The van der Waals surface area contributed by atoms with Crippen molar-refractivity contribution in [2.24, 2.45) is 0 Å². The van der Waals surface area contributed by atoms with Gasteiger partial charge in [0.25, 0.3) is 0 Å². The number of hydrogen-bond acceptors (Lipinski definition) is 3. The first-order valence-corrected chi connectivity index (χ1v) is 6.92. The van der Waals surface area contributed by atoms with Crippen molar-refractivity contribution in [2.75, 3.05) is 7.11 Å². The van der Waals surface area contributed by atoms with Crippen LogP contribution in [0.1, 0.15) is 21.6 Å². The maximum absolute atomic E-state index is 13.2. The Hall–Kier alpha value is -3.22. The van der Waals surface area contributed by atoms with Gasteiger partial charge in [-0.05, 0) is 35.9 Å². The van der Waals surface area contributed by atoms with Crippen LogP contribution in [-0.4, -0.2) is 28.4 Å². The Morgan fingerprint density at radius 2 is 2.00 bits per heavy atom. The third-order valence-corrected chi connectivity index (χ3v) is 3.52. The number of carboxylic acids is 1. The van der Waals surface area contributed by atoms with Crippen LogP contribution in [0.3, 0.4) is 0 Å². The zero-order valence-corrected chi connectivity index (χ0v) is 12.5. The summed E-state index contributed by atoms with van der Waals surface area (Å²) in [6.07, 6.45) is 3.12. The van der Waals surface area contributed by atoms with E-state index >= 15 is 0 Å². The number of aromatic carboxylic acids is 1. The molecule has 0 saturated carbocycles. The van der Waals surface area contributed by atoms with E-state index in [-0.39, 0.29) is 11.3 Å². The van der Waals surface area contributed by atoms with Crippen LogP contribution < -0.4 is 4.74 Å². The predicted molar refractivity (Wildman–Crippen MR) is 84.9 cm³/mol. The summed E-state index contributed by atoms with van der Waals surface area (Å²) in [4.78, 5) is 11.3. The molecule has 0 aliphatic rings. The Morgan fingerprint density at radius 3 is 2.67 bits per heavy atom. The van der Waals surface area contributed by atoms with Gasteiger partial charge in [0.1, 0.15) is 11.3 Å². The molecule has 0 spiro atoms. The Morgan fingerprint density at radius 1 is 1.21 bits per heavy atom. The Kier molecular flexibility index (Phi) is 3.99. The molecule has 0 unspecified atom stereocenters. The van der Waals surface area contributed by atoms with Gasteiger partial charge in [0.15, 0.2) is 11.6 Å². The van der Waals surface area contributed by atoms with Gasteiger partial charge in [-0.1, -0.05) is 12.1 Å². The second-order valence-electron chi connectivity index (χ2n) is 4.99. The van der Waals surface area contributed by atoms with E-state index in [1.807, 2.05) is 0 Å². The second kappa shape index (κ2) is 6.11. The second-order valence-corrected chi connectivity index (χ2v) is 4.99. The van der Waals surface area contributed by atoms with Gasteiger partial charge in [-0.15, -0.1) is 0 Å². The number of halogens is 2. The molecule has 0 fully saturated rings. The molecule has 122 valence electrons. The maximum Gasteiger partial charge on any atom is 0.339 e. The molecule has 1 heterocycles. The van der Waals surface area contributed by atoms with Crippen molar-refractivity contribution in [1.82, 2.24) is 10.2 Å². The topological polar surface area (TPSA) is 75.2 Å². The Labute approximate surface area is 135 Å². The third kappa shape index (κ3) is 2.71. The molecule has 24 heavy (non-hydrogen) atoms. The number of nitrogens with zero attached hydrogens (tertiary/aromatic N) is 1. The lowest BCUT2D eigenvalue weighted by molar-refractivity contribution is 0.0693. The molecule has 5 nitrogen and oxygen atoms in total. The number of hydrogen-bond donors (Lipinski definition) is 2. The molecule has 0 radical (unpaired) electrons. The van der Waals surface area contributed by atoms with Crippen molar-refractivity contribution in [3.05, 3.63) is 58.8 Å². The summed E-state index contributed by atoms with van der Waals surface area (Å²) < 4.78 is 31.4. The smallest absolute Gasteiger partial charge is 0.339 e. The van der Waals surface area contributed by atoms with E-state index in [0.29, 0.717) is 22.2 Å². The highest BCUT2D eigenvalue weighted by atomic mass is 19.2. The molecule has 3 aromatic rings. The van der Waals surface area contributed by atoms with E-state index in [4.69, 9.17) is 4.74 Å². The van der Waals surface area contributed by atoms with Gasteiger partial charge in [0.05, 0.1) is 23.7 Å². The molecule has 0 aliphatic heterocycles. The van der Waals surface area contributed by atoms with Crippen molar-refractivity contribution >= 4 is 29.0 Å². The van der Waals surface area contributed by atoms with E-state index < -0.39 is 17.6 Å². The Bertz CT molecular complexity index is 964. The van der Waals surface area contributed by atoms with Gasteiger partial charge in [0.2, 0.25) is 0 Å². The number of methoxy groups -OCH3 is 1. The minimum atomic E-state index is -1.12. The number of nitrogens with one attached hydrogen (secondary N) is 1. The zero-order valence-electron chi connectivity index (χ0n) is 12.5. The van der Waals surface area contributed by atoms with Crippen LogP contribution in [0.4, 0.5) is 8.78 Å². The lowest BCUT2D eigenvalue weighted by atomic mass is 10.1. The molecule has 0 saturated heterocycles. The van der Waals surface area contributed by atoms with Crippen LogP contribution in [-0.2, 0) is 0 Å². The fraction of sp³-hybridized carbons (Fsp3) is 0.0588. The van der Waals surface area contributed by atoms with Crippen LogP contribution in [0.5, 0.6) is 5.75 Å². The third-order valence-electron chi connectivity index (χ3n) is 3.52. The molecule has 0 aliphatic carbocycles. The van der Waals surface area contributed by atoms with Crippen molar-refractivity contribution in [3.63, 3.8) is 0 Å². The van der Waals surface area contributed by atoms with Crippen molar-refractivity contribution in [2.45, 2.75) is 0 Å². The highest BCUT2D eigenvalue weighted by Gasteiger charge is 2.17.